The lowest BCUT2D eigenvalue weighted by molar-refractivity contribution is 0.101. The molecule has 0 aliphatic carbocycles. The Morgan fingerprint density at radius 1 is 1.24 bits per heavy atom. The highest BCUT2D eigenvalue weighted by atomic mass is 79.9. The van der Waals surface area contributed by atoms with E-state index in [4.69, 9.17) is 0 Å². The van der Waals surface area contributed by atoms with E-state index in [1.165, 1.54) is 0 Å². The van der Waals surface area contributed by atoms with Gasteiger partial charge in [-0.15, -0.1) is 0 Å². The summed E-state index contributed by atoms with van der Waals surface area (Å²) in [4.78, 5) is 18.8. The Hall–Kier alpha value is -0.910. The van der Waals surface area contributed by atoms with E-state index in [9.17, 15) is 4.79 Å². The molecule has 1 aliphatic heterocycles. The number of ketones is 1. The van der Waals surface area contributed by atoms with Crippen molar-refractivity contribution in [2.75, 3.05) is 58.3 Å². The smallest absolute Gasteiger partial charge is 0.161 e. The monoisotopic (exact) mass is 353 g/mol. The van der Waals surface area contributed by atoms with Gasteiger partial charge < -0.3 is 9.80 Å². The quantitative estimate of drug-likeness (QED) is 0.759. The Morgan fingerprint density at radius 3 is 2.48 bits per heavy atom. The van der Waals surface area contributed by atoms with E-state index in [1.807, 2.05) is 12.1 Å². The molecule has 0 bridgehead atoms. The van der Waals surface area contributed by atoms with Gasteiger partial charge in [0.15, 0.2) is 5.78 Å². The maximum atomic E-state index is 11.8. The van der Waals surface area contributed by atoms with E-state index in [-0.39, 0.29) is 5.78 Å². The summed E-state index contributed by atoms with van der Waals surface area (Å²) in [6, 6.07) is 5.92. The molecule has 1 aromatic rings. The van der Waals surface area contributed by atoms with Gasteiger partial charge in [-0.2, -0.15) is 0 Å². The van der Waals surface area contributed by atoms with Crippen molar-refractivity contribution in [2.45, 2.75) is 6.92 Å². The van der Waals surface area contributed by atoms with Gasteiger partial charge in [-0.3, -0.25) is 9.69 Å². The molecule has 0 radical (unpaired) electrons. The molecule has 1 aromatic carbocycles. The zero-order valence-corrected chi connectivity index (χ0v) is 14.7. The minimum absolute atomic E-state index is 0.132. The van der Waals surface area contributed by atoms with Crippen LogP contribution in [0.3, 0.4) is 0 Å². The molecule has 1 saturated heterocycles. The molecule has 4 nitrogen and oxygen atoms in total. The average Bonchev–Trinajstić information content (AvgIpc) is 2.45. The first-order valence-electron chi connectivity index (χ1n) is 7.40. The second-order valence-corrected chi connectivity index (χ2v) is 6.77. The minimum atomic E-state index is 0.132. The van der Waals surface area contributed by atoms with Crippen molar-refractivity contribution in [3.05, 3.63) is 28.2 Å². The summed E-state index contributed by atoms with van der Waals surface area (Å²) in [5.41, 5.74) is 1.88. The predicted octanol–water partition coefficient (Wildman–Crippen LogP) is 2.34. The van der Waals surface area contributed by atoms with E-state index < -0.39 is 0 Å². The summed E-state index contributed by atoms with van der Waals surface area (Å²) < 4.78 is 1.03. The Morgan fingerprint density at radius 2 is 1.90 bits per heavy atom. The number of nitrogens with zero attached hydrogens (tertiary/aromatic N) is 3. The molecule has 2 rings (SSSR count). The van der Waals surface area contributed by atoms with Gasteiger partial charge in [0, 0.05) is 55.0 Å². The fourth-order valence-electron chi connectivity index (χ4n) is 2.62. The molecule has 0 atom stereocenters. The van der Waals surface area contributed by atoms with Crippen molar-refractivity contribution in [2.24, 2.45) is 0 Å². The summed E-state index contributed by atoms with van der Waals surface area (Å²) in [6.45, 7) is 7.90. The number of rotatable bonds is 5. The number of piperazine rings is 1. The number of hydrogen-bond donors (Lipinski definition) is 0. The van der Waals surface area contributed by atoms with Crippen LogP contribution in [0.2, 0.25) is 0 Å². The van der Waals surface area contributed by atoms with Crippen LogP contribution >= 0.6 is 15.9 Å². The van der Waals surface area contributed by atoms with E-state index in [1.54, 1.807) is 6.92 Å². The number of benzene rings is 1. The SMILES string of the molecule is CC(=O)c1ccc(Br)cc1N1CCN(CCN(C)C)CC1. The van der Waals surface area contributed by atoms with Gasteiger partial charge in [0.1, 0.15) is 0 Å². The van der Waals surface area contributed by atoms with Gasteiger partial charge in [0.05, 0.1) is 0 Å². The molecule has 0 amide bonds. The Kier molecular flexibility index (Phi) is 5.79. The summed E-state index contributed by atoms with van der Waals surface area (Å²) in [5.74, 6) is 0.132. The summed E-state index contributed by atoms with van der Waals surface area (Å²) >= 11 is 3.51. The molecule has 0 aromatic heterocycles. The number of Topliss-reactive ketones (excluding diaryl/α,β-unsaturated/α-hetero) is 1. The zero-order valence-electron chi connectivity index (χ0n) is 13.1. The minimum Gasteiger partial charge on any atom is -0.368 e. The number of halogens is 1. The van der Waals surface area contributed by atoms with Crippen LogP contribution in [-0.2, 0) is 0 Å². The summed E-state index contributed by atoms with van der Waals surface area (Å²) in [7, 11) is 4.22. The maximum absolute atomic E-state index is 11.8. The molecule has 5 heteroatoms. The molecule has 116 valence electrons. The van der Waals surface area contributed by atoms with Crippen molar-refractivity contribution in [3.8, 4) is 0 Å². The van der Waals surface area contributed by atoms with Crippen LogP contribution in [0.25, 0.3) is 0 Å². The van der Waals surface area contributed by atoms with Crippen LogP contribution in [0, 0.1) is 0 Å². The predicted molar refractivity (Wildman–Crippen MR) is 91.4 cm³/mol. The topological polar surface area (TPSA) is 26.8 Å². The van der Waals surface area contributed by atoms with Gasteiger partial charge in [0.2, 0.25) is 0 Å². The van der Waals surface area contributed by atoms with Gasteiger partial charge in [-0.05, 0) is 39.2 Å². The second kappa shape index (κ2) is 7.38. The molecule has 1 heterocycles. The van der Waals surface area contributed by atoms with Gasteiger partial charge in [0.25, 0.3) is 0 Å². The lowest BCUT2D eigenvalue weighted by Crippen LogP contribution is -2.48. The van der Waals surface area contributed by atoms with Crippen LogP contribution in [0.1, 0.15) is 17.3 Å². The molecule has 1 fully saturated rings. The van der Waals surface area contributed by atoms with Gasteiger partial charge >= 0.3 is 0 Å². The van der Waals surface area contributed by atoms with Gasteiger partial charge in [-0.1, -0.05) is 15.9 Å². The molecular formula is C16H24BrN3O. The highest BCUT2D eigenvalue weighted by Crippen LogP contribution is 2.26. The third-order valence-corrected chi connectivity index (χ3v) is 4.41. The average molecular weight is 354 g/mol. The highest BCUT2D eigenvalue weighted by molar-refractivity contribution is 9.10. The van der Waals surface area contributed by atoms with Crippen molar-refractivity contribution in [1.29, 1.82) is 0 Å². The first kappa shape index (κ1) is 16.5. The third-order valence-electron chi connectivity index (χ3n) is 3.92. The van der Waals surface area contributed by atoms with Crippen LogP contribution < -0.4 is 4.90 Å². The Labute approximate surface area is 135 Å². The van der Waals surface area contributed by atoms with Crippen LogP contribution in [0.4, 0.5) is 5.69 Å². The fraction of sp³-hybridized carbons (Fsp3) is 0.562. The highest BCUT2D eigenvalue weighted by Gasteiger charge is 2.20. The number of hydrogen-bond acceptors (Lipinski definition) is 4. The van der Waals surface area contributed by atoms with Crippen LogP contribution in [0.15, 0.2) is 22.7 Å². The number of carbonyl (C=O) groups is 1. The van der Waals surface area contributed by atoms with Gasteiger partial charge in [-0.25, -0.2) is 0 Å². The van der Waals surface area contributed by atoms with Crippen molar-refractivity contribution in [1.82, 2.24) is 9.80 Å². The fourth-order valence-corrected chi connectivity index (χ4v) is 2.97. The van der Waals surface area contributed by atoms with Crippen molar-refractivity contribution in [3.63, 3.8) is 0 Å². The van der Waals surface area contributed by atoms with Crippen molar-refractivity contribution >= 4 is 27.4 Å². The molecule has 0 N–H and O–H groups in total. The molecule has 0 saturated carbocycles. The van der Waals surface area contributed by atoms with Crippen LogP contribution in [0.5, 0.6) is 0 Å². The summed E-state index contributed by atoms with van der Waals surface area (Å²) in [5, 5.41) is 0. The lowest BCUT2D eigenvalue weighted by Gasteiger charge is -2.37. The first-order chi connectivity index (χ1) is 9.97. The van der Waals surface area contributed by atoms with E-state index in [0.717, 1.165) is 55.0 Å². The second-order valence-electron chi connectivity index (χ2n) is 5.85. The Bertz CT molecular complexity index is 496. The lowest BCUT2D eigenvalue weighted by atomic mass is 10.1. The molecule has 0 spiro atoms. The Balaban J connectivity index is 2.02. The van der Waals surface area contributed by atoms with E-state index in [2.05, 4.69) is 50.8 Å². The number of carbonyl (C=O) groups excluding carboxylic acids is 1. The summed E-state index contributed by atoms with van der Waals surface area (Å²) in [6.07, 6.45) is 0. The van der Waals surface area contributed by atoms with E-state index >= 15 is 0 Å². The van der Waals surface area contributed by atoms with E-state index in [0.29, 0.717) is 0 Å². The molecule has 21 heavy (non-hydrogen) atoms. The van der Waals surface area contributed by atoms with Crippen LogP contribution in [-0.4, -0.2) is 68.9 Å². The zero-order chi connectivity index (χ0) is 15.4. The largest absolute Gasteiger partial charge is 0.368 e. The number of anilines is 1. The molecule has 0 unspecified atom stereocenters. The maximum Gasteiger partial charge on any atom is 0.161 e. The molecule has 1 aliphatic rings. The standard InChI is InChI=1S/C16H24BrN3O/c1-13(21)15-5-4-14(17)12-16(15)20-10-8-19(9-11-20)7-6-18(2)3/h4-5,12H,6-11H2,1-3H3. The normalized spacial score (nSPS) is 16.5. The number of likely N-dealkylation sites (N-methyl/N-ethyl adjacent to an activating group) is 1. The molecular weight excluding hydrogens is 330 g/mol. The third kappa shape index (κ3) is 4.53. The first-order valence-corrected chi connectivity index (χ1v) is 8.19. The van der Waals surface area contributed by atoms with Crippen molar-refractivity contribution < 1.29 is 4.79 Å².